The molecule has 2 N–H and O–H groups in total. The number of carbonyl (C=O) groups is 1. The number of rotatable bonds is 3. The first-order valence-electron chi connectivity index (χ1n) is 6.11. The van der Waals surface area contributed by atoms with Gasteiger partial charge >= 0.3 is 0 Å². The third kappa shape index (κ3) is 2.54. The zero-order valence-electron chi connectivity index (χ0n) is 10.1. The molecule has 1 aromatic heterocycles. The molecular weight excluding hydrogens is 216 g/mol. The van der Waals surface area contributed by atoms with Crippen molar-refractivity contribution in [1.29, 1.82) is 0 Å². The molecule has 2 rings (SSSR count). The van der Waals surface area contributed by atoms with E-state index < -0.39 is 0 Å². The molecule has 0 saturated heterocycles. The van der Waals surface area contributed by atoms with Crippen LogP contribution >= 0.6 is 0 Å². The van der Waals surface area contributed by atoms with E-state index in [2.05, 4.69) is 9.97 Å². The van der Waals surface area contributed by atoms with E-state index in [0.29, 0.717) is 24.1 Å². The van der Waals surface area contributed by atoms with E-state index >= 15 is 0 Å². The first kappa shape index (κ1) is 11.8. The Balaban J connectivity index is 2.16. The summed E-state index contributed by atoms with van der Waals surface area (Å²) in [5.74, 6) is 0.234. The van der Waals surface area contributed by atoms with Gasteiger partial charge in [0.1, 0.15) is 11.5 Å². The molecule has 17 heavy (non-hydrogen) atoms. The van der Waals surface area contributed by atoms with Crippen molar-refractivity contribution in [1.82, 2.24) is 14.9 Å². The number of carbonyl (C=O) groups excluding carboxylic acids is 1. The predicted molar refractivity (Wildman–Crippen MR) is 65.4 cm³/mol. The van der Waals surface area contributed by atoms with Gasteiger partial charge in [-0.05, 0) is 19.8 Å². The van der Waals surface area contributed by atoms with Crippen LogP contribution in [0.3, 0.4) is 0 Å². The Kier molecular flexibility index (Phi) is 3.56. The lowest BCUT2D eigenvalue weighted by molar-refractivity contribution is 0.0687. The quantitative estimate of drug-likeness (QED) is 0.859. The van der Waals surface area contributed by atoms with Gasteiger partial charge in [-0.3, -0.25) is 9.78 Å². The molecule has 0 aromatic carbocycles. The highest BCUT2D eigenvalue weighted by atomic mass is 16.2. The van der Waals surface area contributed by atoms with E-state index in [1.165, 1.54) is 25.2 Å². The summed E-state index contributed by atoms with van der Waals surface area (Å²) in [6.07, 6.45) is 7.53. The highest BCUT2D eigenvalue weighted by Crippen LogP contribution is 2.24. The lowest BCUT2D eigenvalue weighted by Gasteiger charge is -2.27. The van der Waals surface area contributed by atoms with Gasteiger partial charge in [-0.15, -0.1) is 0 Å². The first-order chi connectivity index (χ1) is 8.22. The van der Waals surface area contributed by atoms with Gasteiger partial charge in [0, 0.05) is 12.6 Å². The Morgan fingerprint density at radius 1 is 1.47 bits per heavy atom. The van der Waals surface area contributed by atoms with Crippen LogP contribution in [0, 0.1) is 0 Å². The maximum Gasteiger partial charge on any atom is 0.274 e. The second-order valence-electron chi connectivity index (χ2n) is 4.36. The van der Waals surface area contributed by atoms with Crippen molar-refractivity contribution in [3.63, 3.8) is 0 Å². The van der Waals surface area contributed by atoms with Crippen LogP contribution in [0.4, 0.5) is 5.82 Å². The number of hydrogen-bond donors (Lipinski definition) is 1. The van der Waals surface area contributed by atoms with Gasteiger partial charge in [0.15, 0.2) is 0 Å². The molecule has 0 atom stereocenters. The third-order valence-corrected chi connectivity index (χ3v) is 3.24. The lowest BCUT2D eigenvalue weighted by atomic mass is 10.2. The van der Waals surface area contributed by atoms with Gasteiger partial charge in [-0.2, -0.15) is 0 Å². The van der Waals surface area contributed by atoms with Crippen LogP contribution in [-0.2, 0) is 0 Å². The topological polar surface area (TPSA) is 72.1 Å². The Hall–Kier alpha value is -1.65. The summed E-state index contributed by atoms with van der Waals surface area (Å²) in [6.45, 7) is 2.70. The molecule has 1 amide bonds. The molecule has 5 nitrogen and oxygen atoms in total. The average molecular weight is 234 g/mol. The number of amides is 1. The number of nitrogens with two attached hydrogens (primary N) is 1. The van der Waals surface area contributed by atoms with Gasteiger partial charge in [-0.25, -0.2) is 4.98 Å². The van der Waals surface area contributed by atoms with Gasteiger partial charge in [-0.1, -0.05) is 12.8 Å². The van der Waals surface area contributed by atoms with E-state index in [4.69, 9.17) is 5.73 Å². The van der Waals surface area contributed by atoms with E-state index in [9.17, 15) is 4.79 Å². The van der Waals surface area contributed by atoms with E-state index in [1.807, 2.05) is 11.8 Å². The third-order valence-electron chi connectivity index (χ3n) is 3.24. The van der Waals surface area contributed by atoms with Crippen LogP contribution < -0.4 is 5.73 Å². The molecule has 92 valence electrons. The highest BCUT2D eigenvalue weighted by molar-refractivity contribution is 5.92. The van der Waals surface area contributed by atoms with Crippen molar-refractivity contribution in [2.75, 3.05) is 12.3 Å². The Labute approximate surface area is 101 Å². The molecule has 0 spiro atoms. The molecule has 1 aromatic rings. The smallest absolute Gasteiger partial charge is 0.274 e. The number of nitrogen functional groups attached to an aromatic ring is 1. The van der Waals surface area contributed by atoms with Gasteiger partial charge in [0.2, 0.25) is 0 Å². The van der Waals surface area contributed by atoms with Crippen molar-refractivity contribution in [3.8, 4) is 0 Å². The second-order valence-corrected chi connectivity index (χ2v) is 4.36. The zero-order chi connectivity index (χ0) is 12.3. The highest BCUT2D eigenvalue weighted by Gasteiger charge is 2.26. The standard InChI is InChI=1S/C12H18N4O/c1-2-16(9-5-3-4-6-9)12(17)10-7-14-8-11(13)15-10/h7-9H,2-6H2,1H3,(H2,13,15). The monoisotopic (exact) mass is 234 g/mol. The molecule has 1 aliphatic carbocycles. The van der Waals surface area contributed by atoms with Crippen molar-refractivity contribution < 1.29 is 4.79 Å². The summed E-state index contributed by atoms with van der Waals surface area (Å²) < 4.78 is 0. The SMILES string of the molecule is CCN(C(=O)c1cncc(N)n1)C1CCCC1. The Morgan fingerprint density at radius 2 is 2.18 bits per heavy atom. The second kappa shape index (κ2) is 5.12. The molecule has 0 unspecified atom stereocenters. The van der Waals surface area contributed by atoms with Gasteiger partial charge in [0.05, 0.1) is 12.4 Å². The van der Waals surface area contributed by atoms with Crippen LogP contribution in [0.2, 0.25) is 0 Å². The summed E-state index contributed by atoms with van der Waals surface area (Å²) >= 11 is 0. The molecule has 1 aliphatic rings. The summed E-state index contributed by atoms with van der Waals surface area (Å²) in [4.78, 5) is 22.1. The zero-order valence-corrected chi connectivity index (χ0v) is 10.1. The molecule has 0 bridgehead atoms. The molecule has 0 aliphatic heterocycles. The Morgan fingerprint density at radius 3 is 2.76 bits per heavy atom. The molecule has 0 radical (unpaired) electrons. The maximum atomic E-state index is 12.3. The van der Waals surface area contributed by atoms with Crippen LogP contribution in [0.1, 0.15) is 43.1 Å². The minimum absolute atomic E-state index is 0.0563. The number of anilines is 1. The van der Waals surface area contributed by atoms with Crippen LogP contribution in [0.25, 0.3) is 0 Å². The largest absolute Gasteiger partial charge is 0.382 e. The number of aromatic nitrogens is 2. The molecule has 1 fully saturated rings. The van der Waals surface area contributed by atoms with E-state index in [-0.39, 0.29) is 5.91 Å². The first-order valence-corrected chi connectivity index (χ1v) is 6.11. The van der Waals surface area contributed by atoms with E-state index in [1.54, 1.807) is 0 Å². The number of hydrogen-bond acceptors (Lipinski definition) is 4. The van der Waals surface area contributed by atoms with Gasteiger partial charge in [0.25, 0.3) is 5.91 Å². The van der Waals surface area contributed by atoms with Crippen LogP contribution in [0.5, 0.6) is 0 Å². The van der Waals surface area contributed by atoms with Crippen molar-refractivity contribution in [3.05, 3.63) is 18.1 Å². The lowest BCUT2D eigenvalue weighted by Crippen LogP contribution is -2.39. The summed E-state index contributed by atoms with van der Waals surface area (Å²) in [5, 5.41) is 0. The molecular formula is C12H18N4O. The Bertz CT molecular complexity index is 401. The summed E-state index contributed by atoms with van der Waals surface area (Å²) in [7, 11) is 0. The average Bonchev–Trinajstić information content (AvgIpc) is 2.83. The van der Waals surface area contributed by atoms with Crippen LogP contribution in [0.15, 0.2) is 12.4 Å². The molecule has 1 saturated carbocycles. The fourth-order valence-electron chi connectivity index (χ4n) is 2.41. The summed E-state index contributed by atoms with van der Waals surface area (Å²) in [6, 6.07) is 0.357. The van der Waals surface area contributed by atoms with Crippen molar-refractivity contribution in [2.45, 2.75) is 38.6 Å². The van der Waals surface area contributed by atoms with Crippen LogP contribution in [-0.4, -0.2) is 33.4 Å². The van der Waals surface area contributed by atoms with Crippen molar-refractivity contribution >= 4 is 11.7 Å². The maximum absolute atomic E-state index is 12.3. The predicted octanol–water partition coefficient (Wildman–Crippen LogP) is 1.46. The fourth-order valence-corrected chi connectivity index (χ4v) is 2.41. The minimum atomic E-state index is -0.0563. The normalized spacial score (nSPS) is 16.1. The summed E-state index contributed by atoms with van der Waals surface area (Å²) in [5.41, 5.74) is 5.89. The minimum Gasteiger partial charge on any atom is -0.382 e. The van der Waals surface area contributed by atoms with Crippen molar-refractivity contribution in [2.24, 2.45) is 0 Å². The van der Waals surface area contributed by atoms with Gasteiger partial charge < -0.3 is 10.6 Å². The molecule has 1 heterocycles. The molecule has 5 heteroatoms. The van der Waals surface area contributed by atoms with E-state index in [0.717, 1.165) is 12.8 Å². The number of nitrogens with zero attached hydrogens (tertiary/aromatic N) is 3. The fraction of sp³-hybridized carbons (Fsp3) is 0.583.